The van der Waals surface area contributed by atoms with E-state index in [2.05, 4.69) is 26.6 Å². The molecule has 8 heteroatoms. The largest absolute Gasteiger partial charge is 0.383 e. The zero-order valence-electron chi connectivity index (χ0n) is 10.8. The van der Waals surface area contributed by atoms with Crippen LogP contribution in [0.5, 0.6) is 0 Å². The van der Waals surface area contributed by atoms with Crippen LogP contribution in [0.2, 0.25) is 0 Å². The van der Waals surface area contributed by atoms with E-state index in [0.29, 0.717) is 19.7 Å². The molecule has 2 amide bonds. The second kappa shape index (κ2) is 14.6. The zero-order valence-corrected chi connectivity index (χ0v) is 12.4. The molecule has 0 aromatic rings. The van der Waals surface area contributed by atoms with Crippen LogP contribution in [0.25, 0.3) is 0 Å². The van der Waals surface area contributed by atoms with Gasteiger partial charge in [0.1, 0.15) is 0 Å². The summed E-state index contributed by atoms with van der Waals surface area (Å²) < 4.78 is 4.98. The molecule has 0 spiro atoms. The normalized spacial score (nSPS) is 9.74. The molecule has 0 aliphatic rings. The van der Waals surface area contributed by atoms with Crippen molar-refractivity contribution in [2.24, 2.45) is 0 Å². The van der Waals surface area contributed by atoms with Crippen LogP contribution in [0.4, 0.5) is 0 Å². The van der Waals surface area contributed by atoms with Crippen LogP contribution in [-0.4, -0.2) is 44.8 Å². The van der Waals surface area contributed by atoms with Gasteiger partial charge in [-0.3, -0.25) is 9.59 Å². The van der Waals surface area contributed by atoms with E-state index in [-0.39, 0.29) is 22.4 Å². The van der Waals surface area contributed by atoms with Gasteiger partial charge in [0.2, 0.25) is 5.91 Å². The predicted molar refractivity (Wildman–Crippen MR) is 70.2 cm³/mol. The Kier molecular flexibility index (Phi) is 15.2. The fourth-order valence-electron chi connectivity index (χ4n) is 0.831. The van der Waals surface area contributed by atoms with Gasteiger partial charge in [-0.1, -0.05) is 6.92 Å². The summed E-state index contributed by atoms with van der Waals surface area (Å²) in [5, 5.41) is 5.22. The number of hydrogen-bond donors (Lipinski definition) is 2. The summed E-state index contributed by atoms with van der Waals surface area (Å²) in [4.78, 5) is 38.8. The average molecular weight is 337 g/mol. The molecule has 0 saturated heterocycles. The lowest BCUT2D eigenvalue weighted by atomic mass is 10.4. The topological polar surface area (TPSA) is 102 Å². The summed E-state index contributed by atoms with van der Waals surface area (Å²) in [7, 11) is 1.55. The molecule has 0 fully saturated rings. The molecule has 0 rings (SSSR count). The number of hydrogen-bond acceptors (Lipinski definition) is 5. The molecule has 0 radical (unpaired) electrons. The van der Waals surface area contributed by atoms with Crippen molar-refractivity contribution >= 4 is 33.9 Å². The van der Waals surface area contributed by atoms with Crippen molar-refractivity contribution in [3.8, 4) is 0 Å². The summed E-state index contributed by atoms with van der Waals surface area (Å²) in [6.45, 7) is 3.40. The van der Waals surface area contributed by atoms with Gasteiger partial charge < -0.3 is 15.4 Å². The number of methoxy groups -OCH3 is 1. The third-order valence-corrected chi connectivity index (χ3v) is 2.20. The van der Waals surface area contributed by atoms with E-state index in [9.17, 15) is 9.59 Å². The molecule has 0 aromatic heterocycles. The van der Waals surface area contributed by atoms with E-state index < -0.39 is 0 Å². The lowest BCUT2D eigenvalue weighted by Crippen LogP contribution is -2.28. The molecule has 0 bridgehead atoms. The Balaban J connectivity index is 0. The highest BCUT2D eigenvalue weighted by Gasteiger charge is 2.07. The molecule has 0 aliphatic carbocycles. The van der Waals surface area contributed by atoms with Gasteiger partial charge in [-0.25, -0.2) is 0 Å². The predicted octanol–water partition coefficient (Wildman–Crippen LogP) is -0.0295. The highest BCUT2D eigenvalue weighted by molar-refractivity contribution is 9.12. The minimum absolute atomic E-state index is 0.206. The minimum Gasteiger partial charge on any atom is -0.383 e. The number of halogens is 1. The molecular formula is C11H17BrN2O5. The van der Waals surface area contributed by atoms with E-state index in [4.69, 9.17) is 14.3 Å². The summed E-state index contributed by atoms with van der Waals surface area (Å²) in [5.41, 5.74) is 0. The third-order valence-electron chi connectivity index (χ3n) is 1.62. The van der Waals surface area contributed by atoms with Crippen LogP contribution in [0.3, 0.4) is 0 Å². The van der Waals surface area contributed by atoms with Gasteiger partial charge >= 0.3 is 6.15 Å². The Hall–Kier alpha value is -1.50. The molecule has 0 aliphatic heterocycles. The maximum atomic E-state index is 11.4. The van der Waals surface area contributed by atoms with E-state index in [1.807, 2.05) is 6.92 Å². The van der Waals surface area contributed by atoms with Crippen LogP contribution >= 0.6 is 15.9 Å². The molecule has 0 saturated carbocycles. The van der Waals surface area contributed by atoms with E-state index in [1.165, 1.54) is 6.08 Å². The summed E-state index contributed by atoms with van der Waals surface area (Å²) in [6.07, 6.45) is 2.33. The number of amides is 2. The maximum Gasteiger partial charge on any atom is 0.373 e. The van der Waals surface area contributed by atoms with Gasteiger partial charge in [0, 0.05) is 26.3 Å². The molecular weight excluding hydrogens is 320 g/mol. The zero-order chi connectivity index (χ0) is 15.1. The molecule has 7 nitrogen and oxygen atoms in total. The smallest absolute Gasteiger partial charge is 0.373 e. The van der Waals surface area contributed by atoms with Crippen LogP contribution < -0.4 is 10.6 Å². The number of rotatable bonds is 7. The standard InChI is InChI=1S/C10H17BrN2O3.CO2/c1-3-4-12-9(14)7-8(11)10(15)13-5-6-16-2;2-1-3/h7H,3-6H2,1-2H3,(H,12,14)(H,13,15);/b8-7-;. The first-order valence-electron chi connectivity index (χ1n) is 5.44. The first kappa shape index (κ1) is 19.8. The van der Waals surface area contributed by atoms with Gasteiger partial charge in [-0.05, 0) is 22.4 Å². The van der Waals surface area contributed by atoms with Crippen molar-refractivity contribution in [1.29, 1.82) is 0 Å². The van der Waals surface area contributed by atoms with Crippen LogP contribution in [-0.2, 0) is 23.9 Å². The molecule has 108 valence electrons. The quantitative estimate of drug-likeness (QED) is 0.502. The van der Waals surface area contributed by atoms with E-state index in [1.54, 1.807) is 7.11 Å². The van der Waals surface area contributed by atoms with Gasteiger partial charge in [-0.15, -0.1) is 0 Å². The Bertz CT molecular complexity index is 338. The Morgan fingerprint density at radius 1 is 1.26 bits per heavy atom. The number of carbonyl (C=O) groups excluding carboxylic acids is 4. The van der Waals surface area contributed by atoms with Crippen LogP contribution in [0.15, 0.2) is 10.6 Å². The molecule has 0 atom stereocenters. The van der Waals surface area contributed by atoms with Crippen LogP contribution in [0, 0.1) is 0 Å². The molecule has 19 heavy (non-hydrogen) atoms. The van der Waals surface area contributed by atoms with Gasteiger partial charge in [-0.2, -0.15) is 9.59 Å². The molecule has 0 unspecified atom stereocenters. The number of ether oxygens (including phenoxy) is 1. The SMILES string of the molecule is CCCNC(=O)/C=C(\Br)C(=O)NCCOC.O=C=O. The average Bonchev–Trinajstić information content (AvgIpc) is 2.37. The molecule has 2 N–H and O–H groups in total. The number of nitrogens with one attached hydrogen (secondary N) is 2. The number of carbonyl (C=O) groups is 2. The van der Waals surface area contributed by atoms with Crippen molar-refractivity contribution in [3.63, 3.8) is 0 Å². The highest BCUT2D eigenvalue weighted by atomic mass is 79.9. The first-order chi connectivity index (χ1) is 9.03. The maximum absolute atomic E-state index is 11.4. The lowest BCUT2D eigenvalue weighted by molar-refractivity contribution is -0.191. The fraction of sp³-hybridized carbons (Fsp3) is 0.545. The summed E-state index contributed by atoms with van der Waals surface area (Å²) in [6, 6.07) is 0. The third kappa shape index (κ3) is 14.4. The Labute approximate surface area is 119 Å². The van der Waals surface area contributed by atoms with Gasteiger partial charge in [0.05, 0.1) is 11.1 Å². The Morgan fingerprint density at radius 3 is 2.32 bits per heavy atom. The van der Waals surface area contributed by atoms with Crippen molar-refractivity contribution in [3.05, 3.63) is 10.6 Å². The molecule has 0 aromatic carbocycles. The Morgan fingerprint density at radius 2 is 1.84 bits per heavy atom. The fourth-order valence-corrected chi connectivity index (χ4v) is 1.18. The molecule has 0 heterocycles. The summed E-state index contributed by atoms with van der Waals surface area (Å²) in [5.74, 6) is -0.612. The first-order valence-corrected chi connectivity index (χ1v) is 6.24. The second-order valence-corrected chi connectivity index (χ2v) is 3.97. The van der Waals surface area contributed by atoms with Crippen molar-refractivity contribution in [2.45, 2.75) is 13.3 Å². The second-order valence-electron chi connectivity index (χ2n) is 3.12. The van der Waals surface area contributed by atoms with Gasteiger partial charge in [0.25, 0.3) is 5.91 Å². The summed E-state index contributed by atoms with van der Waals surface area (Å²) >= 11 is 3.04. The van der Waals surface area contributed by atoms with E-state index >= 15 is 0 Å². The van der Waals surface area contributed by atoms with Crippen molar-refractivity contribution in [2.75, 3.05) is 26.8 Å². The van der Waals surface area contributed by atoms with Gasteiger partial charge in [0.15, 0.2) is 0 Å². The lowest BCUT2D eigenvalue weighted by Gasteiger charge is -2.03. The monoisotopic (exact) mass is 336 g/mol. The van der Waals surface area contributed by atoms with Crippen molar-refractivity contribution in [1.82, 2.24) is 10.6 Å². The van der Waals surface area contributed by atoms with Crippen molar-refractivity contribution < 1.29 is 23.9 Å². The van der Waals surface area contributed by atoms with E-state index in [0.717, 1.165) is 6.42 Å². The van der Waals surface area contributed by atoms with Crippen LogP contribution in [0.1, 0.15) is 13.3 Å². The minimum atomic E-state index is -0.330. The highest BCUT2D eigenvalue weighted by Crippen LogP contribution is 2.03.